The number of halogens is 1. The lowest BCUT2D eigenvalue weighted by Crippen LogP contribution is -1.98. The van der Waals surface area contributed by atoms with E-state index in [2.05, 4.69) is 18.8 Å². The quantitative estimate of drug-likeness (QED) is 0.549. The third-order valence-electron chi connectivity index (χ3n) is 3.17. The smallest absolute Gasteiger partial charge is 0.129 e. The molecule has 0 fully saturated rings. The molecule has 0 radical (unpaired) electrons. The van der Waals surface area contributed by atoms with Gasteiger partial charge >= 0.3 is 0 Å². The predicted octanol–water partition coefficient (Wildman–Crippen LogP) is 4.05. The molecule has 0 heterocycles. The Morgan fingerprint density at radius 3 is 2.71 bits per heavy atom. The zero-order valence-corrected chi connectivity index (χ0v) is 12.8. The molecule has 0 saturated carbocycles. The minimum atomic E-state index is -0.281. The van der Waals surface area contributed by atoms with Crippen LogP contribution < -0.4 is 0 Å². The topological polar surface area (TPSA) is 29.5 Å². The molecule has 0 saturated heterocycles. The van der Waals surface area contributed by atoms with Gasteiger partial charge in [0.1, 0.15) is 5.82 Å². The van der Waals surface area contributed by atoms with E-state index >= 15 is 0 Å². The summed E-state index contributed by atoms with van der Waals surface area (Å²) in [5, 5.41) is 8.64. The van der Waals surface area contributed by atoms with Crippen LogP contribution in [-0.4, -0.2) is 18.3 Å². The number of aliphatic hydroxyl groups excluding tert-OH is 1. The van der Waals surface area contributed by atoms with Crippen molar-refractivity contribution in [2.24, 2.45) is 0 Å². The third-order valence-corrected chi connectivity index (χ3v) is 3.17. The monoisotopic (exact) mass is 292 g/mol. The Morgan fingerprint density at radius 2 is 2.00 bits per heavy atom. The molecule has 0 aliphatic carbocycles. The third kappa shape index (κ3) is 7.84. The van der Waals surface area contributed by atoms with Crippen LogP contribution in [0.15, 0.2) is 18.2 Å². The van der Waals surface area contributed by atoms with E-state index in [1.807, 2.05) is 0 Å². The van der Waals surface area contributed by atoms with Gasteiger partial charge in [0.2, 0.25) is 0 Å². The van der Waals surface area contributed by atoms with E-state index in [9.17, 15) is 4.39 Å². The maximum atomic E-state index is 13.8. The highest BCUT2D eigenvalue weighted by atomic mass is 19.1. The zero-order chi connectivity index (χ0) is 15.3. The molecule has 1 rings (SSSR count). The molecule has 1 aromatic rings. The molecule has 1 N–H and O–H groups in total. The number of hydrogen-bond acceptors (Lipinski definition) is 2. The molecule has 0 amide bonds. The number of unbranched alkanes of at least 4 members (excludes halogenated alkanes) is 4. The molecule has 0 aliphatic rings. The Labute approximate surface area is 127 Å². The molecule has 0 aliphatic heterocycles. The van der Waals surface area contributed by atoms with Gasteiger partial charge in [0.15, 0.2) is 0 Å². The van der Waals surface area contributed by atoms with Crippen molar-refractivity contribution in [3.8, 4) is 11.8 Å². The number of hydrogen-bond donors (Lipinski definition) is 1. The Hall–Kier alpha value is -1.37. The highest BCUT2D eigenvalue weighted by molar-refractivity contribution is 5.36. The molecule has 21 heavy (non-hydrogen) atoms. The fourth-order valence-corrected chi connectivity index (χ4v) is 1.95. The molecule has 116 valence electrons. The summed E-state index contributed by atoms with van der Waals surface area (Å²) >= 11 is 0. The van der Waals surface area contributed by atoms with Gasteiger partial charge in [-0.1, -0.05) is 50.5 Å². The number of aliphatic hydroxyl groups is 1. The fraction of sp³-hybridized carbons (Fsp3) is 0.556. The molecule has 0 aromatic heterocycles. The van der Waals surface area contributed by atoms with Gasteiger partial charge in [-0.15, -0.1) is 0 Å². The average molecular weight is 292 g/mol. The first-order valence-electron chi connectivity index (χ1n) is 7.73. The van der Waals surface area contributed by atoms with Gasteiger partial charge in [0.25, 0.3) is 0 Å². The van der Waals surface area contributed by atoms with Crippen molar-refractivity contribution < 1.29 is 14.2 Å². The molecule has 0 atom stereocenters. The molecule has 3 heteroatoms. The number of benzene rings is 1. The van der Waals surface area contributed by atoms with Crippen LogP contribution in [0.2, 0.25) is 0 Å². The molecule has 0 bridgehead atoms. The van der Waals surface area contributed by atoms with Crippen molar-refractivity contribution >= 4 is 0 Å². The molecule has 1 aromatic carbocycles. The van der Waals surface area contributed by atoms with Crippen LogP contribution in [0.5, 0.6) is 0 Å². The highest BCUT2D eigenvalue weighted by Gasteiger charge is 2.03. The van der Waals surface area contributed by atoms with E-state index in [1.165, 1.54) is 31.7 Å². The van der Waals surface area contributed by atoms with Crippen LogP contribution >= 0.6 is 0 Å². The van der Waals surface area contributed by atoms with Crippen LogP contribution in [0, 0.1) is 17.7 Å². The first-order valence-corrected chi connectivity index (χ1v) is 7.73. The van der Waals surface area contributed by atoms with Gasteiger partial charge in [-0.3, -0.25) is 0 Å². The Morgan fingerprint density at radius 1 is 1.19 bits per heavy atom. The van der Waals surface area contributed by atoms with Crippen molar-refractivity contribution in [1.29, 1.82) is 0 Å². The minimum Gasteiger partial charge on any atom is -0.395 e. The maximum absolute atomic E-state index is 13.8. The van der Waals surface area contributed by atoms with Crippen LogP contribution in [0.3, 0.4) is 0 Å². The summed E-state index contributed by atoms with van der Waals surface area (Å²) in [4.78, 5) is 0. The summed E-state index contributed by atoms with van der Waals surface area (Å²) in [5.74, 6) is 5.31. The first-order chi connectivity index (χ1) is 10.3. The van der Waals surface area contributed by atoms with Gasteiger partial charge in [0, 0.05) is 24.2 Å². The van der Waals surface area contributed by atoms with Crippen molar-refractivity contribution in [1.82, 2.24) is 0 Å². The standard InChI is InChI=1S/C18H25FO2/c1-2-3-4-5-8-13-21-15-17-11-10-16(14-18(17)19)9-6-7-12-20/h10-11,14,20H,2-5,7-8,12-13,15H2,1H3. The normalized spacial score (nSPS) is 10.2. The SMILES string of the molecule is CCCCCCCOCc1ccc(C#CCCO)cc1F. The summed E-state index contributed by atoms with van der Waals surface area (Å²) in [5.41, 5.74) is 1.19. The average Bonchev–Trinajstić information content (AvgIpc) is 2.48. The lowest BCUT2D eigenvalue weighted by atomic mass is 10.1. The van der Waals surface area contributed by atoms with Crippen molar-refractivity contribution in [2.45, 2.75) is 52.1 Å². The van der Waals surface area contributed by atoms with Gasteiger partial charge in [-0.25, -0.2) is 4.39 Å². The summed E-state index contributed by atoms with van der Waals surface area (Å²) in [6.07, 6.45) is 6.37. The Kier molecular flexibility index (Phi) is 9.52. The molecular weight excluding hydrogens is 267 g/mol. The van der Waals surface area contributed by atoms with E-state index in [4.69, 9.17) is 9.84 Å². The van der Waals surface area contributed by atoms with E-state index in [0.29, 0.717) is 30.8 Å². The molecule has 0 spiro atoms. The highest BCUT2D eigenvalue weighted by Crippen LogP contribution is 2.12. The van der Waals surface area contributed by atoms with Crippen molar-refractivity contribution in [2.75, 3.05) is 13.2 Å². The second kappa shape index (κ2) is 11.3. The second-order valence-electron chi connectivity index (χ2n) is 5.05. The van der Waals surface area contributed by atoms with Crippen LogP contribution in [-0.2, 0) is 11.3 Å². The van der Waals surface area contributed by atoms with Crippen molar-refractivity contribution in [3.63, 3.8) is 0 Å². The molecule has 0 unspecified atom stereocenters. The van der Waals surface area contributed by atoms with Gasteiger partial charge < -0.3 is 9.84 Å². The predicted molar refractivity (Wildman–Crippen MR) is 83.4 cm³/mol. The largest absolute Gasteiger partial charge is 0.395 e. The van der Waals surface area contributed by atoms with Crippen LogP contribution in [0.25, 0.3) is 0 Å². The Balaban J connectivity index is 2.31. The van der Waals surface area contributed by atoms with Crippen molar-refractivity contribution in [3.05, 3.63) is 35.1 Å². The van der Waals surface area contributed by atoms with E-state index < -0.39 is 0 Å². The Bertz CT molecular complexity index is 460. The summed E-state index contributed by atoms with van der Waals surface area (Å²) < 4.78 is 19.3. The number of rotatable bonds is 9. The number of ether oxygens (including phenoxy) is 1. The van der Waals surface area contributed by atoms with Crippen LogP contribution in [0.1, 0.15) is 56.6 Å². The van der Waals surface area contributed by atoms with Crippen LogP contribution in [0.4, 0.5) is 4.39 Å². The summed E-state index contributed by atoms with van der Waals surface area (Å²) in [6, 6.07) is 4.92. The van der Waals surface area contributed by atoms with E-state index in [1.54, 1.807) is 12.1 Å². The molecular formula is C18H25FO2. The maximum Gasteiger partial charge on any atom is 0.129 e. The second-order valence-corrected chi connectivity index (χ2v) is 5.05. The fourth-order valence-electron chi connectivity index (χ4n) is 1.95. The van der Waals surface area contributed by atoms with Gasteiger partial charge in [0.05, 0.1) is 13.2 Å². The zero-order valence-electron chi connectivity index (χ0n) is 12.8. The van der Waals surface area contributed by atoms with Gasteiger partial charge in [-0.05, 0) is 18.6 Å². The van der Waals surface area contributed by atoms with E-state index in [0.717, 1.165) is 6.42 Å². The lowest BCUT2D eigenvalue weighted by Gasteiger charge is -2.06. The minimum absolute atomic E-state index is 0.0274. The summed E-state index contributed by atoms with van der Waals surface area (Å²) in [7, 11) is 0. The first kappa shape index (κ1) is 17.7. The van der Waals surface area contributed by atoms with E-state index in [-0.39, 0.29) is 12.4 Å². The lowest BCUT2D eigenvalue weighted by molar-refractivity contribution is 0.114. The van der Waals surface area contributed by atoms with Gasteiger partial charge in [-0.2, -0.15) is 0 Å². The summed E-state index contributed by atoms with van der Waals surface area (Å²) in [6.45, 7) is 3.21. The molecule has 2 nitrogen and oxygen atoms in total.